The number of hydrogen-bond donors (Lipinski definition) is 0. The summed E-state index contributed by atoms with van der Waals surface area (Å²) in [5.74, 6) is 0. The lowest BCUT2D eigenvalue weighted by atomic mass is 10.2. The Morgan fingerprint density at radius 3 is 2.83 bits per heavy atom. The number of aryl methyl sites for hydroxylation is 1. The van der Waals surface area contributed by atoms with E-state index in [2.05, 4.69) is 9.97 Å². The highest BCUT2D eigenvalue weighted by atomic mass is 35.5. The van der Waals surface area contributed by atoms with Crippen LogP contribution in [0.1, 0.15) is 5.56 Å². The van der Waals surface area contributed by atoms with Crippen molar-refractivity contribution in [3.8, 4) is 0 Å². The Labute approximate surface area is 112 Å². The zero-order valence-electron chi connectivity index (χ0n) is 9.33. The minimum absolute atomic E-state index is 0.148. The van der Waals surface area contributed by atoms with Crippen molar-refractivity contribution in [2.24, 2.45) is 0 Å². The number of rotatable bonds is 3. The van der Waals surface area contributed by atoms with Gasteiger partial charge in [0, 0.05) is 4.90 Å². The molecule has 1 aromatic heterocycles. The smallest absolute Gasteiger partial charge is 0.258 e. The average Bonchev–Trinajstić information content (AvgIpc) is 2.28. The van der Waals surface area contributed by atoms with Crippen LogP contribution in [-0.4, -0.2) is 14.9 Å². The van der Waals surface area contributed by atoms with Gasteiger partial charge in [0.1, 0.15) is 6.33 Å². The Hall–Kier alpha value is -1.66. The standard InChI is InChI=1S/C11H8ClN3O2S/c1-7-3-2-4-8(5-7)18-11-9(15(16)17)10(12)13-6-14-11/h2-6H,1H3. The molecule has 0 unspecified atom stereocenters. The van der Waals surface area contributed by atoms with Crippen LogP contribution in [0.4, 0.5) is 5.69 Å². The zero-order valence-corrected chi connectivity index (χ0v) is 10.9. The lowest BCUT2D eigenvalue weighted by Crippen LogP contribution is -1.96. The number of nitro groups is 1. The van der Waals surface area contributed by atoms with Gasteiger partial charge in [-0.1, -0.05) is 41.1 Å². The van der Waals surface area contributed by atoms with Crippen molar-refractivity contribution in [3.05, 3.63) is 51.4 Å². The molecule has 2 aromatic rings. The van der Waals surface area contributed by atoms with Gasteiger partial charge in [-0.2, -0.15) is 0 Å². The lowest BCUT2D eigenvalue weighted by molar-refractivity contribution is -0.388. The maximum Gasteiger partial charge on any atom is 0.338 e. The fourth-order valence-electron chi connectivity index (χ4n) is 1.36. The van der Waals surface area contributed by atoms with Crippen molar-refractivity contribution in [1.82, 2.24) is 9.97 Å². The first-order valence-electron chi connectivity index (χ1n) is 4.97. The number of aromatic nitrogens is 2. The van der Waals surface area contributed by atoms with Crippen LogP contribution in [0.3, 0.4) is 0 Å². The third kappa shape index (κ3) is 2.77. The lowest BCUT2D eigenvalue weighted by Gasteiger charge is -2.03. The third-order valence-electron chi connectivity index (χ3n) is 2.13. The van der Waals surface area contributed by atoms with Crippen LogP contribution < -0.4 is 0 Å². The van der Waals surface area contributed by atoms with Crippen LogP contribution in [-0.2, 0) is 0 Å². The maximum atomic E-state index is 10.9. The molecule has 0 aliphatic carbocycles. The van der Waals surface area contributed by atoms with Gasteiger partial charge in [0.05, 0.1) is 4.92 Å². The molecule has 1 aromatic carbocycles. The maximum absolute atomic E-state index is 10.9. The first kappa shape index (κ1) is 12.8. The normalized spacial score (nSPS) is 10.3. The Morgan fingerprint density at radius 2 is 2.17 bits per heavy atom. The second-order valence-corrected chi connectivity index (χ2v) is 4.91. The summed E-state index contributed by atoms with van der Waals surface area (Å²) in [5, 5.41) is 11.0. The predicted molar refractivity (Wildman–Crippen MR) is 69.0 cm³/mol. The summed E-state index contributed by atoms with van der Waals surface area (Å²) in [6.07, 6.45) is 1.22. The summed E-state index contributed by atoms with van der Waals surface area (Å²) in [7, 11) is 0. The molecule has 0 saturated heterocycles. The third-order valence-corrected chi connectivity index (χ3v) is 3.39. The fraction of sp³-hybridized carbons (Fsp3) is 0.0909. The van der Waals surface area contributed by atoms with E-state index in [1.807, 2.05) is 31.2 Å². The van der Waals surface area contributed by atoms with Crippen LogP contribution in [0, 0.1) is 17.0 Å². The first-order chi connectivity index (χ1) is 8.58. The van der Waals surface area contributed by atoms with Gasteiger partial charge >= 0.3 is 5.69 Å². The van der Waals surface area contributed by atoms with E-state index in [0.717, 1.165) is 10.5 Å². The van der Waals surface area contributed by atoms with E-state index < -0.39 is 4.92 Å². The van der Waals surface area contributed by atoms with Crippen molar-refractivity contribution in [3.63, 3.8) is 0 Å². The van der Waals surface area contributed by atoms with Gasteiger partial charge in [-0.15, -0.1) is 0 Å². The molecule has 0 saturated carbocycles. The van der Waals surface area contributed by atoms with E-state index in [0.29, 0.717) is 0 Å². The Bertz CT molecular complexity index is 607. The fourth-order valence-corrected chi connectivity index (χ4v) is 2.60. The van der Waals surface area contributed by atoms with Crippen LogP contribution in [0.25, 0.3) is 0 Å². The Balaban J connectivity index is 2.40. The molecule has 0 amide bonds. The summed E-state index contributed by atoms with van der Waals surface area (Å²) in [4.78, 5) is 18.8. The SMILES string of the molecule is Cc1cccc(Sc2ncnc(Cl)c2[N+](=O)[O-])c1. The van der Waals surface area contributed by atoms with E-state index in [4.69, 9.17) is 11.6 Å². The molecule has 0 fully saturated rings. The molecule has 0 bridgehead atoms. The molecule has 18 heavy (non-hydrogen) atoms. The molecule has 0 aliphatic rings. The highest BCUT2D eigenvalue weighted by molar-refractivity contribution is 7.99. The number of nitrogens with zero attached hydrogens (tertiary/aromatic N) is 3. The van der Waals surface area contributed by atoms with Crippen LogP contribution in [0.2, 0.25) is 5.15 Å². The van der Waals surface area contributed by atoms with Gasteiger partial charge in [0.2, 0.25) is 5.15 Å². The average molecular weight is 282 g/mol. The molecule has 2 rings (SSSR count). The van der Waals surface area contributed by atoms with Gasteiger partial charge in [-0.3, -0.25) is 10.1 Å². The van der Waals surface area contributed by atoms with Crippen molar-refractivity contribution < 1.29 is 4.92 Å². The van der Waals surface area contributed by atoms with Crippen LogP contribution >= 0.6 is 23.4 Å². The van der Waals surface area contributed by atoms with Crippen LogP contribution in [0.5, 0.6) is 0 Å². The van der Waals surface area contributed by atoms with Crippen LogP contribution in [0.15, 0.2) is 40.5 Å². The van der Waals surface area contributed by atoms with Gasteiger partial charge in [0.15, 0.2) is 5.03 Å². The molecule has 0 atom stereocenters. The highest BCUT2D eigenvalue weighted by Crippen LogP contribution is 2.36. The quantitative estimate of drug-likeness (QED) is 0.489. The Morgan fingerprint density at radius 1 is 1.39 bits per heavy atom. The second kappa shape index (κ2) is 5.32. The number of halogens is 1. The second-order valence-electron chi connectivity index (χ2n) is 3.49. The molecule has 0 aliphatic heterocycles. The van der Waals surface area contributed by atoms with Gasteiger partial charge in [-0.05, 0) is 19.1 Å². The minimum atomic E-state index is -0.569. The zero-order chi connectivity index (χ0) is 13.1. The molecule has 7 heteroatoms. The molecule has 92 valence electrons. The van der Waals surface area contributed by atoms with Crippen molar-refractivity contribution >= 4 is 29.1 Å². The van der Waals surface area contributed by atoms with Gasteiger partial charge < -0.3 is 0 Å². The van der Waals surface area contributed by atoms with Gasteiger partial charge in [-0.25, -0.2) is 9.97 Å². The minimum Gasteiger partial charge on any atom is -0.258 e. The number of benzene rings is 1. The molecule has 0 N–H and O–H groups in total. The van der Waals surface area contributed by atoms with E-state index in [1.54, 1.807) is 0 Å². The molecule has 0 radical (unpaired) electrons. The largest absolute Gasteiger partial charge is 0.338 e. The predicted octanol–water partition coefficient (Wildman–Crippen LogP) is 3.50. The Kier molecular flexibility index (Phi) is 3.78. The summed E-state index contributed by atoms with van der Waals surface area (Å²) >= 11 is 6.91. The molecule has 5 nitrogen and oxygen atoms in total. The molecular weight excluding hydrogens is 274 g/mol. The first-order valence-corrected chi connectivity index (χ1v) is 6.17. The van der Waals surface area contributed by atoms with Crippen molar-refractivity contribution in [2.75, 3.05) is 0 Å². The summed E-state index contributed by atoms with van der Waals surface area (Å²) in [6.45, 7) is 1.95. The topological polar surface area (TPSA) is 68.9 Å². The van der Waals surface area contributed by atoms with Crippen molar-refractivity contribution in [2.45, 2.75) is 16.8 Å². The molecule has 1 heterocycles. The number of hydrogen-bond acceptors (Lipinski definition) is 5. The summed E-state index contributed by atoms with van der Waals surface area (Å²) in [6, 6.07) is 7.61. The molecular formula is C11H8ClN3O2S. The summed E-state index contributed by atoms with van der Waals surface area (Å²) in [5.41, 5.74) is 0.813. The molecule has 0 spiro atoms. The van der Waals surface area contributed by atoms with Gasteiger partial charge in [0.25, 0.3) is 0 Å². The monoisotopic (exact) mass is 281 g/mol. The van der Waals surface area contributed by atoms with E-state index >= 15 is 0 Å². The van der Waals surface area contributed by atoms with E-state index in [-0.39, 0.29) is 15.9 Å². The van der Waals surface area contributed by atoms with Crippen molar-refractivity contribution in [1.29, 1.82) is 0 Å². The van der Waals surface area contributed by atoms with E-state index in [1.165, 1.54) is 18.1 Å². The van der Waals surface area contributed by atoms with E-state index in [9.17, 15) is 10.1 Å². The highest BCUT2D eigenvalue weighted by Gasteiger charge is 2.22. The summed E-state index contributed by atoms with van der Waals surface area (Å²) < 4.78 is 0.